The molecule has 0 atom stereocenters. The third-order valence-electron chi connectivity index (χ3n) is 5.71. The van der Waals surface area contributed by atoms with E-state index in [1.807, 2.05) is 18.2 Å². The Labute approximate surface area is 192 Å². The summed E-state index contributed by atoms with van der Waals surface area (Å²) in [6.45, 7) is 4.10. The van der Waals surface area contributed by atoms with Crippen molar-refractivity contribution in [1.29, 1.82) is 0 Å². The van der Waals surface area contributed by atoms with Crippen molar-refractivity contribution in [3.05, 3.63) is 59.2 Å². The lowest BCUT2D eigenvalue weighted by molar-refractivity contribution is 0.315. The monoisotopic (exact) mass is 436 g/mol. The van der Waals surface area contributed by atoms with E-state index < -0.39 is 0 Å². The molecular formula is C26H36N4O2. The maximum absolute atomic E-state index is 9.17. The smallest absolute Gasteiger partial charge is 0.129 e. The molecule has 0 aromatic heterocycles. The molecule has 3 rings (SSSR count). The molecule has 1 aromatic rings. The van der Waals surface area contributed by atoms with Crippen molar-refractivity contribution in [3.63, 3.8) is 0 Å². The molecule has 6 nitrogen and oxygen atoms in total. The van der Waals surface area contributed by atoms with Gasteiger partial charge in [-0.2, -0.15) is 0 Å². The first-order chi connectivity index (χ1) is 15.5. The van der Waals surface area contributed by atoms with E-state index in [2.05, 4.69) is 64.4 Å². The van der Waals surface area contributed by atoms with Gasteiger partial charge in [-0.3, -0.25) is 0 Å². The van der Waals surface area contributed by atoms with Gasteiger partial charge < -0.3 is 20.2 Å². The van der Waals surface area contributed by atoms with Gasteiger partial charge in [0.15, 0.2) is 0 Å². The second kappa shape index (κ2) is 14.2. The number of hydrogen-bond donors (Lipinski definition) is 2. The zero-order valence-corrected chi connectivity index (χ0v) is 19.4. The highest BCUT2D eigenvalue weighted by molar-refractivity contribution is 6.00. The van der Waals surface area contributed by atoms with E-state index in [4.69, 9.17) is 11.6 Å². The fourth-order valence-electron chi connectivity index (χ4n) is 3.88. The Bertz CT molecular complexity index is 866. The van der Waals surface area contributed by atoms with Gasteiger partial charge in [0.25, 0.3) is 0 Å². The normalized spacial score (nSPS) is 18.2. The van der Waals surface area contributed by atoms with Gasteiger partial charge >= 0.3 is 0 Å². The summed E-state index contributed by atoms with van der Waals surface area (Å²) in [5, 5.41) is 24.2. The predicted octanol–water partition coefficient (Wildman–Crippen LogP) is 4.20. The van der Waals surface area contributed by atoms with E-state index in [0.29, 0.717) is 12.1 Å². The highest BCUT2D eigenvalue weighted by atomic mass is 16.4. The molecule has 6 heteroatoms. The third-order valence-corrected chi connectivity index (χ3v) is 5.71. The fourth-order valence-corrected chi connectivity index (χ4v) is 3.88. The highest BCUT2D eigenvalue weighted by Crippen LogP contribution is 2.14. The van der Waals surface area contributed by atoms with E-state index in [1.54, 1.807) is 0 Å². The Balaban J connectivity index is 0.000000235. The Kier molecular flexibility index (Phi) is 11.3. The first-order valence-corrected chi connectivity index (χ1v) is 11.2. The molecule has 0 spiro atoms. The van der Waals surface area contributed by atoms with E-state index in [1.165, 1.54) is 16.7 Å². The van der Waals surface area contributed by atoms with Gasteiger partial charge in [0.2, 0.25) is 0 Å². The molecular weight excluding hydrogens is 400 g/mol. The van der Waals surface area contributed by atoms with Crippen LogP contribution in [0.25, 0.3) is 0 Å². The lowest BCUT2D eigenvalue weighted by Gasteiger charge is -2.23. The second-order valence-electron chi connectivity index (χ2n) is 8.37. The number of oxime groups is 2. The van der Waals surface area contributed by atoms with Gasteiger partial charge in [0, 0.05) is 32.6 Å². The van der Waals surface area contributed by atoms with Crippen molar-refractivity contribution in [3.8, 4) is 12.3 Å². The average Bonchev–Trinajstić information content (AvgIpc) is 2.81. The molecule has 0 unspecified atom stereocenters. The summed E-state index contributed by atoms with van der Waals surface area (Å²) in [4.78, 5) is 4.53. The summed E-state index contributed by atoms with van der Waals surface area (Å²) in [5.41, 5.74) is 5.09. The van der Waals surface area contributed by atoms with Gasteiger partial charge in [-0.25, -0.2) is 0 Å². The molecule has 2 aliphatic rings. The van der Waals surface area contributed by atoms with E-state index in [-0.39, 0.29) is 0 Å². The molecule has 0 aliphatic carbocycles. The summed E-state index contributed by atoms with van der Waals surface area (Å²) in [6.07, 6.45) is 15.0. The maximum Gasteiger partial charge on any atom is 0.129 e. The van der Waals surface area contributed by atoms with Crippen molar-refractivity contribution in [1.82, 2.24) is 9.80 Å². The van der Waals surface area contributed by atoms with Crippen molar-refractivity contribution in [2.24, 2.45) is 10.3 Å². The maximum atomic E-state index is 9.17. The first kappa shape index (κ1) is 25.4. The first-order valence-electron chi connectivity index (χ1n) is 11.2. The molecule has 0 amide bonds. The summed E-state index contributed by atoms with van der Waals surface area (Å²) in [7, 11) is 4.20. The molecule has 0 saturated carbocycles. The number of aryl methyl sites for hydroxylation is 1. The van der Waals surface area contributed by atoms with Crippen molar-refractivity contribution < 1.29 is 10.4 Å². The SMILES string of the molecule is C#C/C(CCC1=CCCN(C)C1)=N\O.CN1CCC=C(/C(CCc2ccccc2)=N/O)C1. The van der Waals surface area contributed by atoms with Gasteiger partial charge in [0.05, 0.1) is 5.71 Å². The van der Waals surface area contributed by atoms with Gasteiger partial charge in [-0.05, 0) is 57.3 Å². The van der Waals surface area contributed by atoms with Crippen LogP contribution >= 0.6 is 0 Å². The zero-order chi connectivity index (χ0) is 23.2. The predicted molar refractivity (Wildman–Crippen MR) is 132 cm³/mol. The lowest BCUT2D eigenvalue weighted by Crippen LogP contribution is -2.28. The summed E-state index contributed by atoms with van der Waals surface area (Å²) in [5.74, 6) is 2.36. The number of rotatable bonds is 7. The minimum absolute atomic E-state index is 0.430. The quantitative estimate of drug-likeness (QED) is 0.221. The molecule has 2 N–H and O–H groups in total. The second-order valence-corrected chi connectivity index (χ2v) is 8.37. The van der Waals surface area contributed by atoms with Crippen LogP contribution in [0.4, 0.5) is 0 Å². The fraction of sp³-hybridized carbons (Fsp3) is 0.462. The summed E-state index contributed by atoms with van der Waals surface area (Å²) in [6, 6.07) is 10.3. The Morgan fingerprint density at radius 1 is 0.938 bits per heavy atom. The molecule has 0 bridgehead atoms. The number of terminal acetylenes is 1. The van der Waals surface area contributed by atoms with Crippen molar-refractivity contribution in [2.75, 3.05) is 40.3 Å². The minimum atomic E-state index is 0.430. The lowest BCUT2D eigenvalue weighted by atomic mass is 9.99. The van der Waals surface area contributed by atoms with Crippen LogP contribution in [-0.2, 0) is 6.42 Å². The Morgan fingerprint density at radius 3 is 2.22 bits per heavy atom. The molecule has 32 heavy (non-hydrogen) atoms. The van der Waals surface area contributed by atoms with Crippen LogP contribution in [0.2, 0.25) is 0 Å². The van der Waals surface area contributed by atoms with Crippen LogP contribution in [0.15, 0.2) is 63.9 Å². The van der Waals surface area contributed by atoms with Crippen LogP contribution < -0.4 is 0 Å². The molecule has 0 saturated heterocycles. The summed E-state index contributed by atoms with van der Waals surface area (Å²) >= 11 is 0. The Hall–Kier alpha value is -2.88. The molecule has 172 valence electrons. The van der Waals surface area contributed by atoms with Gasteiger partial charge in [-0.15, -0.1) is 6.42 Å². The largest absolute Gasteiger partial charge is 0.411 e. The Morgan fingerprint density at radius 2 is 1.62 bits per heavy atom. The van der Waals surface area contributed by atoms with E-state index in [0.717, 1.165) is 64.0 Å². The van der Waals surface area contributed by atoms with Crippen molar-refractivity contribution >= 4 is 11.4 Å². The van der Waals surface area contributed by atoms with Crippen LogP contribution in [0.3, 0.4) is 0 Å². The molecule has 2 heterocycles. The third kappa shape index (κ3) is 9.09. The standard InChI is InChI=1S/C15H20N2O.C11H16N2O/c1-17-11-5-8-14(12-17)15(16-18)10-9-13-6-3-2-4-7-13;1-3-11(12-14)7-6-10-5-4-8-13(2)9-10/h2-4,6-8,18H,5,9-12H2,1H3;1,5,14H,4,6-9H2,2H3/b16-15+;12-11+. The number of hydrogen-bond acceptors (Lipinski definition) is 6. The van der Waals surface area contributed by atoms with Crippen molar-refractivity contribution in [2.45, 2.75) is 38.5 Å². The average molecular weight is 437 g/mol. The van der Waals surface area contributed by atoms with E-state index >= 15 is 0 Å². The molecule has 0 radical (unpaired) electrons. The van der Waals surface area contributed by atoms with Crippen LogP contribution in [-0.4, -0.2) is 71.9 Å². The number of benzene rings is 1. The minimum Gasteiger partial charge on any atom is -0.411 e. The van der Waals surface area contributed by atoms with Gasteiger partial charge in [-0.1, -0.05) is 64.3 Å². The summed E-state index contributed by atoms with van der Waals surface area (Å²) < 4.78 is 0. The highest BCUT2D eigenvalue weighted by Gasteiger charge is 2.14. The van der Waals surface area contributed by atoms with Gasteiger partial charge in [0.1, 0.15) is 5.71 Å². The number of nitrogens with zero attached hydrogens (tertiary/aromatic N) is 4. The molecule has 0 fully saturated rings. The molecule has 2 aliphatic heterocycles. The molecule has 1 aromatic carbocycles. The van der Waals surface area contributed by atoms with Crippen LogP contribution in [0.1, 0.15) is 37.7 Å². The zero-order valence-electron chi connectivity index (χ0n) is 19.4. The number of likely N-dealkylation sites (N-methyl/N-ethyl adjacent to an activating group) is 2. The van der Waals surface area contributed by atoms with Crippen LogP contribution in [0.5, 0.6) is 0 Å². The van der Waals surface area contributed by atoms with E-state index in [9.17, 15) is 5.21 Å². The topological polar surface area (TPSA) is 71.7 Å². The van der Waals surface area contributed by atoms with Crippen LogP contribution in [0, 0.1) is 12.3 Å².